The molecule has 0 unspecified atom stereocenters. The zero-order valence-electron chi connectivity index (χ0n) is 9.83. The molecule has 2 rings (SSSR count). The number of aromatic nitrogens is 4. The Bertz CT molecular complexity index is 508. The third kappa shape index (κ3) is 3.57. The quantitative estimate of drug-likeness (QED) is 0.579. The third-order valence-electron chi connectivity index (χ3n) is 2.13. The van der Waals surface area contributed by atoms with Crippen molar-refractivity contribution in [2.45, 2.75) is 9.64 Å². The van der Waals surface area contributed by atoms with Gasteiger partial charge >= 0.3 is 0 Å². The van der Waals surface area contributed by atoms with Crippen LogP contribution in [0.25, 0.3) is 0 Å². The molecule has 2 aromatic rings. The van der Waals surface area contributed by atoms with Crippen LogP contribution in [0.4, 0.5) is 11.9 Å². The number of nitrogens with zero attached hydrogens (tertiary/aromatic N) is 4. The average Bonchev–Trinajstić information content (AvgIpc) is 2.39. The van der Waals surface area contributed by atoms with Gasteiger partial charge in [-0.15, -0.1) is 0 Å². The number of alkyl halides is 3. The predicted molar refractivity (Wildman–Crippen MR) is 76.5 cm³/mol. The molecule has 0 amide bonds. The van der Waals surface area contributed by atoms with Crippen LogP contribution in [0.3, 0.4) is 0 Å². The molecule has 106 valence electrons. The number of rotatable bonds is 4. The van der Waals surface area contributed by atoms with Gasteiger partial charge in [0.15, 0.2) is 0 Å². The first-order chi connectivity index (χ1) is 9.41. The van der Waals surface area contributed by atoms with E-state index in [1.807, 2.05) is 0 Å². The van der Waals surface area contributed by atoms with E-state index in [1.165, 1.54) is 24.8 Å². The molecule has 0 aromatic carbocycles. The van der Waals surface area contributed by atoms with E-state index < -0.39 is 9.64 Å². The van der Waals surface area contributed by atoms with E-state index in [-0.39, 0.29) is 11.9 Å². The lowest BCUT2D eigenvalue weighted by molar-refractivity contribution is 0.102. The van der Waals surface area contributed by atoms with Crippen LogP contribution in [-0.2, 0) is 0 Å². The lowest BCUT2D eigenvalue weighted by atomic mass is 10.4. The summed E-state index contributed by atoms with van der Waals surface area (Å²) in [6.45, 7) is 0. The Balaban J connectivity index is 2.27. The van der Waals surface area contributed by atoms with Crippen molar-refractivity contribution in [2.24, 2.45) is 0 Å². The van der Waals surface area contributed by atoms with E-state index in [0.717, 1.165) is 0 Å². The molecule has 0 aliphatic heterocycles. The Kier molecular flexibility index (Phi) is 4.44. The smallest absolute Gasteiger partial charge is 0.268 e. The summed E-state index contributed by atoms with van der Waals surface area (Å²) in [6.07, 6.45) is 5.86. The van der Waals surface area contributed by atoms with Crippen molar-refractivity contribution in [1.82, 2.24) is 19.9 Å². The van der Waals surface area contributed by atoms with Crippen LogP contribution < -0.4 is 10.6 Å². The zero-order chi connectivity index (χ0) is 14.6. The lowest BCUT2D eigenvalue weighted by Crippen LogP contribution is -2.57. The van der Waals surface area contributed by atoms with Gasteiger partial charge in [-0.25, -0.2) is 19.9 Å². The maximum absolute atomic E-state index is 10.5. The van der Waals surface area contributed by atoms with Gasteiger partial charge in [-0.1, -0.05) is 34.8 Å². The summed E-state index contributed by atoms with van der Waals surface area (Å²) in [5, 5.41) is 15.5. The van der Waals surface area contributed by atoms with Crippen LogP contribution in [0.2, 0.25) is 0 Å². The van der Waals surface area contributed by atoms with Gasteiger partial charge in [-0.05, 0) is 12.1 Å². The molecule has 0 saturated carbocycles. The second-order valence-corrected chi connectivity index (χ2v) is 5.88. The molecule has 2 aromatic heterocycles. The Morgan fingerprint density at radius 1 is 0.800 bits per heavy atom. The SMILES string of the molecule is OC(Nc1ncccn1)(Nc1ncccn1)C(Cl)(Cl)Cl. The summed E-state index contributed by atoms with van der Waals surface area (Å²) < 4.78 is -2.15. The normalized spacial score (nSPS) is 12.0. The molecule has 0 spiro atoms. The minimum absolute atomic E-state index is 0.0600. The van der Waals surface area contributed by atoms with Crippen molar-refractivity contribution in [3.8, 4) is 0 Å². The van der Waals surface area contributed by atoms with Gasteiger partial charge in [-0.2, -0.15) is 0 Å². The van der Waals surface area contributed by atoms with Crippen molar-refractivity contribution >= 4 is 46.7 Å². The topological polar surface area (TPSA) is 95.8 Å². The summed E-state index contributed by atoms with van der Waals surface area (Å²) in [4.78, 5) is 15.5. The number of aliphatic hydroxyl groups is 1. The van der Waals surface area contributed by atoms with Crippen LogP contribution in [0.1, 0.15) is 0 Å². The molecule has 0 radical (unpaired) electrons. The van der Waals surface area contributed by atoms with Gasteiger partial charge in [0, 0.05) is 24.8 Å². The average molecular weight is 336 g/mol. The van der Waals surface area contributed by atoms with Gasteiger partial charge in [-0.3, -0.25) is 0 Å². The third-order valence-corrected chi connectivity index (χ3v) is 2.95. The summed E-state index contributed by atoms with van der Waals surface area (Å²) >= 11 is 17.4. The minimum atomic E-state index is -2.21. The molecule has 20 heavy (non-hydrogen) atoms. The van der Waals surface area contributed by atoms with Crippen molar-refractivity contribution in [1.29, 1.82) is 0 Å². The molecule has 10 heteroatoms. The Morgan fingerprint density at radius 3 is 1.45 bits per heavy atom. The highest BCUT2D eigenvalue weighted by atomic mass is 35.6. The highest BCUT2D eigenvalue weighted by molar-refractivity contribution is 6.68. The first-order valence-corrected chi connectivity index (χ1v) is 6.44. The zero-order valence-corrected chi connectivity index (χ0v) is 12.1. The number of anilines is 2. The fourth-order valence-corrected chi connectivity index (χ4v) is 1.51. The molecular formula is C10H9Cl3N6O. The summed E-state index contributed by atoms with van der Waals surface area (Å²) in [5.74, 6) is -2.09. The number of hydrogen-bond donors (Lipinski definition) is 3. The number of nitrogens with one attached hydrogen (secondary N) is 2. The molecule has 7 nitrogen and oxygen atoms in total. The van der Waals surface area contributed by atoms with Crippen LogP contribution in [-0.4, -0.2) is 34.7 Å². The molecule has 0 bridgehead atoms. The molecule has 3 N–H and O–H groups in total. The van der Waals surface area contributed by atoms with Crippen molar-refractivity contribution in [3.63, 3.8) is 0 Å². The highest BCUT2D eigenvalue weighted by Gasteiger charge is 2.49. The van der Waals surface area contributed by atoms with Gasteiger partial charge in [0.25, 0.3) is 9.64 Å². The van der Waals surface area contributed by atoms with Crippen molar-refractivity contribution in [3.05, 3.63) is 36.9 Å². The van der Waals surface area contributed by atoms with E-state index in [4.69, 9.17) is 34.8 Å². The van der Waals surface area contributed by atoms with Crippen LogP contribution in [0.5, 0.6) is 0 Å². The van der Waals surface area contributed by atoms with Crippen molar-refractivity contribution < 1.29 is 5.11 Å². The van der Waals surface area contributed by atoms with E-state index in [1.54, 1.807) is 12.1 Å². The standard InChI is InChI=1S/C10H9Cl3N6O/c11-9(12,13)10(20,18-7-14-3-1-4-15-7)19-8-16-5-2-6-17-8/h1-6,20H,(H,14,15,18)(H,16,17,19). The van der Waals surface area contributed by atoms with Crippen LogP contribution in [0, 0.1) is 0 Å². The molecular weight excluding hydrogens is 327 g/mol. The van der Waals surface area contributed by atoms with E-state index in [2.05, 4.69) is 30.6 Å². The maximum Gasteiger partial charge on any atom is 0.268 e. The summed E-state index contributed by atoms with van der Waals surface area (Å²) in [6, 6.07) is 3.21. The van der Waals surface area contributed by atoms with Crippen LogP contribution >= 0.6 is 34.8 Å². The van der Waals surface area contributed by atoms with Gasteiger partial charge in [0.05, 0.1) is 0 Å². The second-order valence-electron chi connectivity index (χ2n) is 3.60. The van der Waals surface area contributed by atoms with Crippen LogP contribution in [0.15, 0.2) is 36.9 Å². The monoisotopic (exact) mass is 334 g/mol. The van der Waals surface area contributed by atoms with Gasteiger partial charge in [0.1, 0.15) is 0 Å². The number of halogens is 3. The summed E-state index contributed by atoms with van der Waals surface area (Å²) in [5.41, 5.74) is 0. The fourth-order valence-electron chi connectivity index (χ4n) is 1.22. The Morgan fingerprint density at radius 2 is 1.15 bits per heavy atom. The number of hydrogen-bond acceptors (Lipinski definition) is 7. The molecule has 0 aliphatic carbocycles. The minimum Gasteiger partial charge on any atom is -0.351 e. The van der Waals surface area contributed by atoms with Crippen molar-refractivity contribution in [2.75, 3.05) is 10.6 Å². The fraction of sp³-hybridized carbons (Fsp3) is 0.200. The second kappa shape index (κ2) is 5.92. The van der Waals surface area contributed by atoms with E-state index in [9.17, 15) is 5.11 Å². The predicted octanol–water partition coefficient (Wildman–Crippen LogP) is 1.81. The first-order valence-electron chi connectivity index (χ1n) is 5.30. The van der Waals surface area contributed by atoms with Gasteiger partial charge in [0.2, 0.25) is 11.9 Å². The largest absolute Gasteiger partial charge is 0.351 e. The molecule has 2 heterocycles. The molecule has 0 atom stereocenters. The van der Waals surface area contributed by atoms with Gasteiger partial charge < -0.3 is 15.7 Å². The first kappa shape index (κ1) is 15.0. The Hall–Kier alpha value is -1.41. The molecule has 0 saturated heterocycles. The van der Waals surface area contributed by atoms with E-state index >= 15 is 0 Å². The summed E-state index contributed by atoms with van der Waals surface area (Å²) in [7, 11) is 0. The molecule has 0 aliphatic rings. The maximum atomic E-state index is 10.5. The lowest BCUT2D eigenvalue weighted by Gasteiger charge is -2.35. The van der Waals surface area contributed by atoms with E-state index in [0.29, 0.717) is 0 Å². The highest BCUT2D eigenvalue weighted by Crippen LogP contribution is 2.38. The molecule has 0 fully saturated rings. The Labute approximate surface area is 129 Å².